The smallest absolute Gasteiger partial charge is 0.170 e. The Kier molecular flexibility index (Phi) is 3.10. The zero-order valence-corrected chi connectivity index (χ0v) is 9.90. The van der Waals surface area contributed by atoms with Gasteiger partial charge in [0.15, 0.2) is 5.82 Å². The van der Waals surface area contributed by atoms with Gasteiger partial charge in [-0.1, -0.05) is 17.7 Å². The van der Waals surface area contributed by atoms with Gasteiger partial charge in [0.2, 0.25) is 0 Å². The van der Waals surface area contributed by atoms with Gasteiger partial charge in [0, 0.05) is 12.1 Å². The largest absolute Gasteiger partial charge is 0.485 e. The summed E-state index contributed by atoms with van der Waals surface area (Å²) in [5, 5.41) is 8.38. The summed E-state index contributed by atoms with van der Waals surface area (Å²) in [4.78, 5) is 0. The molecular weight excluding hydrogens is 226 g/mol. The topological polar surface area (TPSA) is 39.9 Å². The Labute approximate surface area is 98.8 Å². The number of benzene rings is 1. The number of ether oxygens (including phenoxy) is 1. The van der Waals surface area contributed by atoms with Crippen LogP contribution in [0.3, 0.4) is 0 Å². The average Bonchev–Trinajstić information content (AvgIpc) is 2.66. The van der Waals surface area contributed by atoms with Crippen molar-refractivity contribution in [3.8, 4) is 5.75 Å². The lowest BCUT2D eigenvalue weighted by Crippen LogP contribution is -2.03. The van der Waals surface area contributed by atoms with Crippen molar-refractivity contribution in [2.45, 2.75) is 13.5 Å². The fraction of sp³-hybridized carbons (Fsp3) is 0.273. The lowest BCUT2D eigenvalue weighted by atomic mass is 10.2. The lowest BCUT2D eigenvalue weighted by Gasteiger charge is -2.08. The third-order valence-electron chi connectivity index (χ3n) is 2.31. The predicted molar refractivity (Wildman–Crippen MR) is 61.5 cm³/mol. The van der Waals surface area contributed by atoms with Crippen molar-refractivity contribution >= 4 is 11.6 Å². The Bertz CT molecular complexity index is 496. The van der Waals surface area contributed by atoms with Crippen LogP contribution in [0.2, 0.25) is 5.02 Å². The Hall–Kier alpha value is -1.55. The van der Waals surface area contributed by atoms with Gasteiger partial charge < -0.3 is 9.30 Å². The molecule has 2 rings (SSSR count). The predicted octanol–water partition coefficient (Wildman–Crippen LogP) is 2.36. The average molecular weight is 238 g/mol. The molecule has 0 aliphatic carbocycles. The van der Waals surface area contributed by atoms with E-state index < -0.39 is 0 Å². The maximum atomic E-state index is 5.90. The molecule has 0 saturated carbocycles. The van der Waals surface area contributed by atoms with Crippen molar-refractivity contribution in [1.82, 2.24) is 14.8 Å². The first-order valence-corrected chi connectivity index (χ1v) is 5.26. The summed E-state index contributed by atoms with van der Waals surface area (Å²) in [5.41, 5.74) is 1.05. The zero-order valence-electron chi connectivity index (χ0n) is 9.14. The summed E-state index contributed by atoms with van der Waals surface area (Å²) in [6, 6.07) is 5.56. The third kappa shape index (κ3) is 2.33. The molecule has 0 bridgehead atoms. The molecule has 0 fully saturated rings. The summed E-state index contributed by atoms with van der Waals surface area (Å²) >= 11 is 5.90. The van der Waals surface area contributed by atoms with Crippen LogP contribution in [0.1, 0.15) is 11.4 Å². The summed E-state index contributed by atoms with van der Waals surface area (Å²) in [6.07, 6.45) is 1.64. The van der Waals surface area contributed by atoms with Crippen molar-refractivity contribution in [2.75, 3.05) is 0 Å². The van der Waals surface area contributed by atoms with Crippen LogP contribution in [-0.4, -0.2) is 14.8 Å². The highest BCUT2D eigenvalue weighted by Gasteiger charge is 2.04. The fourth-order valence-corrected chi connectivity index (χ4v) is 1.47. The summed E-state index contributed by atoms with van der Waals surface area (Å²) in [5.74, 6) is 1.55. The second-order valence-electron chi connectivity index (χ2n) is 3.56. The Balaban J connectivity index is 2.10. The van der Waals surface area contributed by atoms with E-state index in [1.165, 1.54) is 0 Å². The highest BCUT2D eigenvalue weighted by molar-refractivity contribution is 6.30. The van der Waals surface area contributed by atoms with Crippen molar-refractivity contribution in [2.24, 2.45) is 7.05 Å². The SMILES string of the molecule is Cc1ccc(Cl)cc1OCc1nncn1C. The fourth-order valence-electron chi connectivity index (χ4n) is 1.31. The molecule has 1 aromatic carbocycles. The standard InChI is InChI=1S/C11H12ClN3O/c1-8-3-4-9(12)5-10(8)16-6-11-14-13-7-15(11)2/h3-5,7H,6H2,1-2H3. The third-order valence-corrected chi connectivity index (χ3v) is 2.55. The quantitative estimate of drug-likeness (QED) is 0.823. The first-order valence-electron chi connectivity index (χ1n) is 4.88. The molecule has 0 spiro atoms. The molecule has 0 aliphatic heterocycles. The summed E-state index contributed by atoms with van der Waals surface area (Å²) < 4.78 is 7.45. The van der Waals surface area contributed by atoms with E-state index in [-0.39, 0.29) is 0 Å². The molecule has 0 unspecified atom stereocenters. The molecule has 16 heavy (non-hydrogen) atoms. The van der Waals surface area contributed by atoms with Crippen molar-refractivity contribution in [1.29, 1.82) is 0 Å². The number of rotatable bonds is 3. The molecule has 84 valence electrons. The van der Waals surface area contributed by atoms with Crippen molar-refractivity contribution in [3.05, 3.63) is 40.9 Å². The first kappa shape index (κ1) is 11.0. The van der Waals surface area contributed by atoms with E-state index in [2.05, 4.69) is 10.2 Å². The van der Waals surface area contributed by atoms with Gasteiger partial charge in [0.1, 0.15) is 18.7 Å². The lowest BCUT2D eigenvalue weighted by molar-refractivity contribution is 0.289. The number of aromatic nitrogens is 3. The molecule has 2 aromatic rings. The van der Waals surface area contributed by atoms with Gasteiger partial charge in [-0.05, 0) is 24.6 Å². The van der Waals surface area contributed by atoms with E-state index in [1.54, 1.807) is 12.4 Å². The van der Waals surface area contributed by atoms with Gasteiger partial charge in [-0.3, -0.25) is 0 Å². The molecular formula is C11H12ClN3O. The highest BCUT2D eigenvalue weighted by Crippen LogP contribution is 2.23. The monoisotopic (exact) mass is 237 g/mol. The van der Waals surface area contributed by atoms with Gasteiger partial charge in [-0.25, -0.2) is 0 Å². The zero-order chi connectivity index (χ0) is 11.5. The van der Waals surface area contributed by atoms with Gasteiger partial charge in [0.25, 0.3) is 0 Å². The summed E-state index contributed by atoms with van der Waals surface area (Å²) in [6.45, 7) is 2.36. The van der Waals surface area contributed by atoms with Gasteiger partial charge in [0.05, 0.1) is 0 Å². The van der Waals surface area contributed by atoms with Crippen molar-refractivity contribution < 1.29 is 4.74 Å². The number of hydrogen-bond acceptors (Lipinski definition) is 3. The van der Waals surface area contributed by atoms with Crippen LogP contribution in [0.5, 0.6) is 5.75 Å². The number of halogens is 1. The van der Waals surface area contributed by atoms with E-state index in [0.717, 1.165) is 17.1 Å². The molecule has 0 atom stereocenters. The Morgan fingerprint density at radius 3 is 2.94 bits per heavy atom. The molecule has 0 saturated heterocycles. The van der Waals surface area contributed by atoms with Crippen LogP contribution < -0.4 is 4.74 Å². The molecule has 4 nitrogen and oxygen atoms in total. The van der Waals surface area contributed by atoms with E-state index in [1.807, 2.05) is 30.7 Å². The maximum Gasteiger partial charge on any atom is 0.170 e. The molecule has 0 radical (unpaired) electrons. The molecule has 0 aliphatic rings. The first-order chi connectivity index (χ1) is 7.66. The minimum absolute atomic E-state index is 0.387. The van der Waals surface area contributed by atoms with Crippen LogP contribution in [0, 0.1) is 6.92 Å². The van der Waals surface area contributed by atoms with E-state index in [9.17, 15) is 0 Å². The van der Waals surface area contributed by atoms with Gasteiger partial charge in [-0.2, -0.15) is 0 Å². The maximum absolute atomic E-state index is 5.90. The molecule has 1 aromatic heterocycles. The summed E-state index contributed by atoms with van der Waals surface area (Å²) in [7, 11) is 1.88. The van der Waals surface area contributed by atoms with E-state index in [4.69, 9.17) is 16.3 Å². The van der Waals surface area contributed by atoms with Crippen LogP contribution in [0.25, 0.3) is 0 Å². The van der Waals surface area contributed by atoms with Crippen LogP contribution in [0.15, 0.2) is 24.5 Å². The van der Waals surface area contributed by atoms with Crippen molar-refractivity contribution in [3.63, 3.8) is 0 Å². The highest BCUT2D eigenvalue weighted by atomic mass is 35.5. The number of nitrogens with zero attached hydrogens (tertiary/aromatic N) is 3. The molecule has 0 N–H and O–H groups in total. The Morgan fingerprint density at radius 1 is 1.44 bits per heavy atom. The number of hydrogen-bond donors (Lipinski definition) is 0. The van der Waals surface area contributed by atoms with Crippen LogP contribution in [-0.2, 0) is 13.7 Å². The van der Waals surface area contributed by atoms with E-state index >= 15 is 0 Å². The van der Waals surface area contributed by atoms with Crippen LogP contribution in [0.4, 0.5) is 0 Å². The minimum atomic E-state index is 0.387. The molecule has 1 heterocycles. The van der Waals surface area contributed by atoms with Crippen LogP contribution >= 0.6 is 11.6 Å². The molecule has 0 amide bonds. The second-order valence-corrected chi connectivity index (χ2v) is 3.99. The number of aryl methyl sites for hydroxylation is 2. The molecule has 5 heteroatoms. The van der Waals surface area contributed by atoms with E-state index in [0.29, 0.717) is 11.6 Å². The second kappa shape index (κ2) is 4.53. The van der Waals surface area contributed by atoms with Gasteiger partial charge >= 0.3 is 0 Å². The Morgan fingerprint density at radius 2 is 2.25 bits per heavy atom. The normalized spacial score (nSPS) is 10.4. The minimum Gasteiger partial charge on any atom is -0.485 e. The van der Waals surface area contributed by atoms with Gasteiger partial charge in [-0.15, -0.1) is 10.2 Å².